The van der Waals surface area contributed by atoms with E-state index in [-0.39, 0.29) is 16.8 Å². The molecule has 0 fully saturated rings. The summed E-state index contributed by atoms with van der Waals surface area (Å²) in [6, 6.07) is 21.1. The second-order valence-corrected chi connectivity index (χ2v) is 9.89. The maximum Gasteiger partial charge on any atom is 0.264 e. The number of hydrogen-bond acceptors (Lipinski definition) is 4. The van der Waals surface area contributed by atoms with Crippen molar-refractivity contribution in [1.29, 1.82) is 0 Å². The van der Waals surface area contributed by atoms with Gasteiger partial charge >= 0.3 is 0 Å². The lowest BCUT2D eigenvalue weighted by atomic mass is 10.1. The molecular weight excluding hydrogens is 416 g/mol. The smallest absolute Gasteiger partial charge is 0.264 e. The number of amides is 1. The van der Waals surface area contributed by atoms with Crippen LogP contribution >= 0.6 is 11.8 Å². The number of sulfonamides is 1. The van der Waals surface area contributed by atoms with Crippen molar-refractivity contribution in [3.8, 4) is 0 Å². The van der Waals surface area contributed by atoms with Gasteiger partial charge in [-0.25, -0.2) is 8.42 Å². The van der Waals surface area contributed by atoms with Crippen LogP contribution in [0.3, 0.4) is 0 Å². The van der Waals surface area contributed by atoms with Crippen LogP contribution in [0.5, 0.6) is 0 Å². The molecule has 5 nitrogen and oxygen atoms in total. The van der Waals surface area contributed by atoms with Gasteiger partial charge in [-0.05, 0) is 67.6 Å². The van der Waals surface area contributed by atoms with Crippen molar-refractivity contribution in [1.82, 2.24) is 0 Å². The number of carbonyl (C=O) groups excluding carboxylic acids is 1. The van der Waals surface area contributed by atoms with Gasteiger partial charge < -0.3 is 5.32 Å². The molecule has 1 atom stereocenters. The van der Waals surface area contributed by atoms with Crippen LogP contribution in [0.4, 0.5) is 11.4 Å². The normalized spacial score (nSPS) is 15.7. The molecular formula is C23H22N2O3S2. The zero-order valence-corrected chi connectivity index (χ0v) is 18.3. The predicted molar refractivity (Wildman–Crippen MR) is 122 cm³/mol. The number of rotatable bonds is 5. The molecule has 0 bridgehead atoms. The summed E-state index contributed by atoms with van der Waals surface area (Å²) < 4.78 is 28.3. The van der Waals surface area contributed by atoms with E-state index < -0.39 is 10.0 Å². The number of fused-ring (bicyclic) bond motifs is 1. The summed E-state index contributed by atoms with van der Waals surface area (Å²) in [5.74, 6) is -0.347. The van der Waals surface area contributed by atoms with Crippen LogP contribution in [0.1, 0.15) is 22.8 Å². The van der Waals surface area contributed by atoms with Gasteiger partial charge in [0.1, 0.15) is 0 Å². The number of nitrogens with zero attached hydrogens (tertiary/aromatic N) is 1. The van der Waals surface area contributed by atoms with Crippen molar-refractivity contribution in [2.75, 3.05) is 15.9 Å². The standard InChI is InChI=1S/C23H22N2O3S2/c1-16-13-17-7-3-4-12-22(17)25(16)30(27,28)21-11-5-8-18(14-21)23(26)24-19-9-6-10-20(15-19)29-2/h3-12,14-16H,13H2,1-2H3,(H,24,26)/t16-/m1/s1. The molecule has 1 aliphatic heterocycles. The van der Waals surface area contributed by atoms with E-state index in [1.165, 1.54) is 16.4 Å². The molecule has 1 heterocycles. The first kappa shape index (κ1) is 20.5. The molecule has 1 aliphatic rings. The third-order valence-electron chi connectivity index (χ3n) is 5.13. The van der Waals surface area contributed by atoms with Crippen LogP contribution in [-0.4, -0.2) is 26.6 Å². The lowest BCUT2D eigenvalue weighted by Gasteiger charge is -2.24. The third-order valence-corrected chi connectivity index (χ3v) is 7.77. The molecule has 0 saturated heterocycles. The van der Waals surface area contributed by atoms with Crippen molar-refractivity contribution in [3.05, 3.63) is 83.9 Å². The second-order valence-electron chi connectivity index (χ2n) is 7.20. The summed E-state index contributed by atoms with van der Waals surface area (Å²) in [4.78, 5) is 13.9. The second kappa shape index (κ2) is 8.16. The summed E-state index contributed by atoms with van der Waals surface area (Å²) in [6.45, 7) is 1.90. The number of thioether (sulfide) groups is 1. The van der Waals surface area contributed by atoms with Gasteiger partial charge in [-0.1, -0.05) is 30.3 Å². The highest BCUT2D eigenvalue weighted by molar-refractivity contribution is 7.98. The molecule has 3 aromatic carbocycles. The lowest BCUT2D eigenvalue weighted by molar-refractivity contribution is 0.102. The average Bonchev–Trinajstić information content (AvgIpc) is 3.10. The van der Waals surface area contributed by atoms with E-state index >= 15 is 0 Å². The van der Waals surface area contributed by atoms with Gasteiger partial charge in [0.25, 0.3) is 15.9 Å². The molecule has 7 heteroatoms. The van der Waals surface area contributed by atoms with Gasteiger partial charge in [-0.3, -0.25) is 9.10 Å². The minimum absolute atomic E-state index is 0.108. The first-order chi connectivity index (χ1) is 14.4. The van der Waals surface area contributed by atoms with Crippen LogP contribution in [-0.2, 0) is 16.4 Å². The first-order valence-corrected chi connectivity index (χ1v) is 12.2. The Bertz CT molecular complexity index is 1210. The van der Waals surface area contributed by atoms with Gasteiger partial charge in [0.2, 0.25) is 0 Å². The average molecular weight is 439 g/mol. The highest BCUT2D eigenvalue weighted by atomic mass is 32.2. The quantitative estimate of drug-likeness (QED) is 0.581. The Hall–Kier alpha value is -2.77. The fourth-order valence-electron chi connectivity index (χ4n) is 3.72. The van der Waals surface area contributed by atoms with E-state index in [1.807, 2.05) is 55.6 Å². The molecule has 1 N–H and O–H groups in total. The molecule has 1 amide bonds. The van der Waals surface area contributed by atoms with E-state index in [0.29, 0.717) is 23.4 Å². The van der Waals surface area contributed by atoms with Gasteiger partial charge in [-0.2, -0.15) is 0 Å². The van der Waals surface area contributed by atoms with E-state index in [9.17, 15) is 13.2 Å². The Balaban J connectivity index is 1.63. The molecule has 3 aromatic rings. The van der Waals surface area contributed by atoms with E-state index in [1.54, 1.807) is 30.0 Å². The predicted octanol–water partition coefficient (Wildman–Crippen LogP) is 4.80. The minimum Gasteiger partial charge on any atom is -0.322 e. The van der Waals surface area contributed by atoms with Gasteiger partial charge in [0.15, 0.2) is 0 Å². The summed E-state index contributed by atoms with van der Waals surface area (Å²) in [6.07, 6.45) is 2.63. The monoisotopic (exact) mass is 438 g/mol. The zero-order valence-electron chi connectivity index (χ0n) is 16.7. The highest BCUT2D eigenvalue weighted by Crippen LogP contribution is 2.36. The maximum absolute atomic E-state index is 13.4. The van der Waals surface area contributed by atoms with Crippen molar-refractivity contribution >= 4 is 39.1 Å². The van der Waals surface area contributed by atoms with Crippen LogP contribution < -0.4 is 9.62 Å². The van der Waals surface area contributed by atoms with Gasteiger partial charge in [0, 0.05) is 22.2 Å². The Labute approximate surface area is 181 Å². The molecule has 0 spiro atoms. The number of hydrogen-bond donors (Lipinski definition) is 1. The largest absolute Gasteiger partial charge is 0.322 e. The van der Waals surface area contributed by atoms with Crippen LogP contribution in [0, 0.1) is 0 Å². The van der Waals surface area contributed by atoms with Crippen LogP contribution in [0.15, 0.2) is 82.6 Å². The Morgan fingerprint density at radius 3 is 2.60 bits per heavy atom. The van der Waals surface area contributed by atoms with Crippen LogP contribution in [0.2, 0.25) is 0 Å². The molecule has 0 aliphatic carbocycles. The van der Waals surface area contributed by atoms with Gasteiger partial charge in [-0.15, -0.1) is 11.8 Å². The molecule has 0 saturated carbocycles. The summed E-state index contributed by atoms with van der Waals surface area (Å²) in [7, 11) is -3.79. The fourth-order valence-corrected chi connectivity index (χ4v) is 5.92. The number of nitrogens with one attached hydrogen (secondary N) is 1. The molecule has 30 heavy (non-hydrogen) atoms. The first-order valence-electron chi connectivity index (χ1n) is 9.58. The molecule has 0 radical (unpaired) electrons. The summed E-state index contributed by atoms with van der Waals surface area (Å²) in [5.41, 5.74) is 2.68. The van der Waals surface area contributed by atoms with Crippen LogP contribution in [0.25, 0.3) is 0 Å². The number of benzene rings is 3. The Kier molecular flexibility index (Phi) is 5.58. The van der Waals surface area contributed by atoms with Gasteiger partial charge in [0.05, 0.1) is 10.6 Å². The molecule has 4 rings (SSSR count). The number of para-hydroxylation sites is 1. The number of anilines is 2. The number of carbonyl (C=O) groups is 1. The van der Waals surface area contributed by atoms with E-state index in [2.05, 4.69) is 5.32 Å². The van der Waals surface area contributed by atoms with Crippen molar-refractivity contribution in [2.24, 2.45) is 0 Å². The third kappa shape index (κ3) is 3.82. The SMILES string of the molecule is CSc1cccc(NC(=O)c2cccc(S(=O)(=O)N3c4ccccc4C[C@H]3C)c2)c1. The minimum atomic E-state index is -3.79. The highest BCUT2D eigenvalue weighted by Gasteiger charge is 2.36. The Morgan fingerprint density at radius 1 is 1.03 bits per heavy atom. The zero-order chi connectivity index (χ0) is 21.3. The van der Waals surface area contributed by atoms with Crippen molar-refractivity contribution in [2.45, 2.75) is 29.2 Å². The Morgan fingerprint density at radius 2 is 1.80 bits per heavy atom. The summed E-state index contributed by atoms with van der Waals surface area (Å²) in [5, 5.41) is 2.84. The van der Waals surface area contributed by atoms with E-state index in [0.717, 1.165) is 10.5 Å². The maximum atomic E-state index is 13.4. The molecule has 154 valence electrons. The summed E-state index contributed by atoms with van der Waals surface area (Å²) >= 11 is 1.58. The van der Waals surface area contributed by atoms with E-state index in [4.69, 9.17) is 0 Å². The molecule has 0 aromatic heterocycles. The fraction of sp³-hybridized carbons (Fsp3) is 0.174. The lowest BCUT2D eigenvalue weighted by Crippen LogP contribution is -2.35. The van der Waals surface area contributed by atoms with Crippen molar-refractivity contribution < 1.29 is 13.2 Å². The van der Waals surface area contributed by atoms with Crippen molar-refractivity contribution in [3.63, 3.8) is 0 Å². The topological polar surface area (TPSA) is 66.5 Å². The molecule has 0 unspecified atom stereocenters.